The van der Waals surface area contributed by atoms with Crippen molar-refractivity contribution < 1.29 is 19.1 Å². The van der Waals surface area contributed by atoms with Gasteiger partial charge in [-0.3, -0.25) is 9.59 Å². The molecule has 0 unspecified atom stereocenters. The predicted molar refractivity (Wildman–Crippen MR) is 90.2 cm³/mol. The van der Waals surface area contributed by atoms with Gasteiger partial charge in [0.05, 0.1) is 0 Å². The third-order valence-electron chi connectivity index (χ3n) is 4.31. The van der Waals surface area contributed by atoms with Gasteiger partial charge in [-0.25, -0.2) is 0 Å². The number of hydrogen-bond acceptors (Lipinski definition) is 6. The van der Waals surface area contributed by atoms with Gasteiger partial charge in [-0.05, 0) is 25.0 Å². The normalized spacial score (nSPS) is 23.6. The summed E-state index contributed by atoms with van der Waals surface area (Å²) in [5.41, 5.74) is 6.10. The van der Waals surface area contributed by atoms with Gasteiger partial charge >= 0.3 is 0 Å². The highest BCUT2D eigenvalue weighted by Gasteiger charge is 2.44. The Hall–Kier alpha value is -2.22. The average molecular weight is 347 g/mol. The van der Waals surface area contributed by atoms with Crippen molar-refractivity contribution in [2.24, 2.45) is 10.7 Å². The van der Waals surface area contributed by atoms with Crippen LogP contribution >= 0.6 is 11.8 Å². The van der Waals surface area contributed by atoms with Crippen molar-refractivity contribution in [3.63, 3.8) is 0 Å². The van der Waals surface area contributed by atoms with Crippen LogP contribution in [0.3, 0.4) is 0 Å². The van der Waals surface area contributed by atoms with E-state index in [9.17, 15) is 9.59 Å². The number of nitrogens with two attached hydrogens (primary N) is 1. The second kappa shape index (κ2) is 5.70. The van der Waals surface area contributed by atoms with Gasteiger partial charge in [-0.15, -0.1) is 0 Å². The Bertz CT molecular complexity index is 743. The molecule has 0 saturated heterocycles. The molecule has 1 fully saturated rings. The molecule has 8 heteroatoms. The number of anilines is 1. The van der Waals surface area contributed by atoms with Gasteiger partial charge in [0, 0.05) is 31.0 Å². The standard InChI is InChI=1S/C16H17N3O4S/c17-15-19-14(21)12(24-15)8-13(20)18-9-3-4-10-11(7-9)23-16(22-10)5-1-2-6-16/h3-4,7,12H,1-2,5-6,8H2,(H,18,20)(H2,17,19,21)/t12-/m1/s1. The Balaban J connectivity index is 1.40. The number of hydrogen-bond donors (Lipinski definition) is 2. The molecule has 1 saturated carbocycles. The molecule has 0 bridgehead atoms. The van der Waals surface area contributed by atoms with Crippen molar-refractivity contribution >= 4 is 34.4 Å². The third kappa shape index (κ3) is 2.82. The van der Waals surface area contributed by atoms with E-state index < -0.39 is 11.0 Å². The minimum absolute atomic E-state index is 0.0338. The van der Waals surface area contributed by atoms with Crippen LogP contribution in [-0.2, 0) is 9.59 Å². The number of aliphatic imine (C=N–C) groups is 1. The van der Waals surface area contributed by atoms with Crippen LogP contribution in [0, 0.1) is 0 Å². The van der Waals surface area contributed by atoms with Crippen molar-refractivity contribution in [2.75, 3.05) is 5.32 Å². The van der Waals surface area contributed by atoms with Crippen LogP contribution in [0.25, 0.3) is 0 Å². The molecule has 1 aromatic rings. The zero-order chi connectivity index (χ0) is 16.7. The van der Waals surface area contributed by atoms with Gasteiger partial charge in [0.25, 0.3) is 11.7 Å². The summed E-state index contributed by atoms with van der Waals surface area (Å²) < 4.78 is 11.9. The van der Waals surface area contributed by atoms with Crippen molar-refractivity contribution in [1.82, 2.24) is 0 Å². The van der Waals surface area contributed by atoms with Crippen molar-refractivity contribution in [1.29, 1.82) is 0 Å². The third-order valence-corrected chi connectivity index (χ3v) is 5.30. The minimum Gasteiger partial charge on any atom is -0.448 e. The molecule has 7 nitrogen and oxygen atoms in total. The first-order valence-electron chi connectivity index (χ1n) is 7.90. The van der Waals surface area contributed by atoms with E-state index in [2.05, 4.69) is 10.3 Å². The van der Waals surface area contributed by atoms with Crippen molar-refractivity contribution in [3.05, 3.63) is 18.2 Å². The second-order valence-corrected chi connectivity index (χ2v) is 7.35. The maximum atomic E-state index is 12.1. The van der Waals surface area contributed by atoms with Gasteiger partial charge in [0.1, 0.15) is 5.25 Å². The minimum atomic E-state index is -0.541. The van der Waals surface area contributed by atoms with Gasteiger partial charge in [0.2, 0.25) is 5.91 Å². The number of rotatable bonds is 3. The number of thioether (sulfide) groups is 1. The maximum absolute atomic E-state index is 12.1. The molecule has 3 N–H and O–H groups in total. The van der Waals surface area contributed by atoms with Crippen molar-refractivity contribution in [3.8, 4) is 11.5 Å². The van der Waals surface area contributed by atoms with Gasteiger partial charge in [0.15, 0.2) is 16.7 Å². The summed E-state index contributed by atoms with van der Waals surface area (Å²) >= 11 is 1.12. The Morgan fingerprint density at radius 2 is 2.08 bits per heavy atom. The fourth-order valence-corrected chi connectivity index (χ4v) is 4.02. The fourth-order valence-electron chi connectivity index (χ4n) is 3.20. The van der Waals surface area contributed by atoms with E-state index in [1.54, 1.807) is 18.2 Å². The van der Waals surface area contributed by atoms with Crippen LogP contribution in [0.1, 0.15) is 32.1 Å². The summed E-state index contributed by atoms with van der Waals surface area (Å²) in [7, 11) is 0. The molecular formula is C16H17N3O4S. The molecule has 126 valence electrons. The summed E-state index contributed by atoms with van der Waals surface area (Å²) in [6, 6.07) is 5.33. The Kier molecular flexibility index (Phi) is 3.64. The molecule has 4 rings (SSSR count). The molecule has 1 spiro atoms. The van der Waals surface area contributed by atoms with Gasteiger partial charge < -0.3 is 20.5 Å². The lowest BCUT2D eigenvalue weighted by Crippen LogP contribution is -2.34. The lowest BCUT2D eigenvalue weighted by atomic mass is 10.2. The van der Waals surface area contributed by atoms with Crippen LogP contribution < -0.4 is 20.5 Å². The Morgan fingerprint density at radius 3 is 2.79 bits per heavy atom. The number of nitrogens with one attached hydrogen (secondary N) is 1. The van der Waals surface area contributed by atoms with E-state index >= 15 is 0 Å². The number of nitrogens with zero attached hydrogens (tertiary/aromatic N) is 1. The van der Waals surface area contributed by atoms with E-state index in [1.165, 1.54) is 0 Å². The van der Waals surface area contributed by atoms with Crippen LogP contribution in [0.2, 0.25) is 0 Å². The van der Waals surface area contributed by atoms with Crippen molar-refractivity contribution in [2.45, 2.75) is 43.1 Å². The quantitative estimate of drug-likeness (QED) is 0.867. The lowest BCUT2D eigenvalue weighted by Gasteiger charge is -2.21. The molecule has 1 atom stereocenters. The number of amidine groups is 1. The van der Waals surface area contributed by atoms with Crippen LogP contribution in [0.15, 0.2) is 23.2 Å². The predicted octanol–water partition coefficient (Wildman–Crippen LogP) is 2.01. The number of carbonyl (C=O) groups is 2. The highest BCUT2D eigenvalue weighted by molar-refractivity contribution is 8.15. The molecule has 2 aliphatic heterocycles. The smallest absolute Gasteiger partial charge is 0.262 e. The number of amides is 2. The number of benzene rings is 1. The zero-order valence-corrected chi connectivity index (χ0v) is 13.7. The number of fused-ring (bicyclic) bond motifs is 1. The first kappa shape index (κ1) is 15.3. The number of carbonyl (C=O) groups excluding carboxylic acids is 2. The molecule has 0 radical (unpaired) electrons. The van der Waals surface area contributed by atoms with Crippen LogP contribution in [0.5, 0.6) is 11.5 Å². The van der Waals surface area contributed by atoms with Gasteiger partial charge in [-0.2, -0.15) is 4.99 Å². The maximum Gasteiger partial charge on any atom is 0.262 e. The highest BCUT2D eigenvalue weighted by Crippen LogP contribution is 2.47. The summed E-state index contributed by atoms with van der Waals surface area (Å²) in [4.78, 5) is 27.3. The number of ether oxygens (including phenoxy) is 2. The molecule has 1 aliphatic carbocycles. The molecule has 3 aliphatic rings. The molecular weight excluding hydrogens is 330 g/mol. The average Bonchev–Trinajstić information content (AvgIpc) is 3.19. The van der Waals surface area contributed by atoms with E-state index in [1.807, 2.05) is 0 Å². The summed E-state index contributed by atoms with van der Waals surface area (Å²) in [5, 5.41) is 2.45. The van der Waals surface area contributed by atoms with E-state index in [0.717, 1.165) is 37.4 Å². The summed E-state index contributed by atoms with van der Waals surface area (Å²) in [5.74, 6) is 0.208. The first-order valence-corrected chi connectivity index (χ1v) is 8.78. The monoisotopic (exact) mass is 347 g/mol. The molecule has 0 aromatic heterocycles. The molecule has 2 amide bonds. The largest absolute Gasteiger partial charge is 0.448 e. The van der Waals surface area contributed by atoms with Crippen LogP contribution in [0.4, 0.5) is 5.69 Å². The fraction of sp³-hybridized carbons (Fsp3) is 0.438. The molecule has 1 aromatic carbocycles. The Labute approximate surface area is 143 Å². The topological polar surface area (TPSA) is 103 Å². The second-order valence-electron chi connectivity index (χ2n) is 6.13. The zero-order valence-electron chi connectivity index (χ0n) is 12.9. The summed E-state index contributed by atoms with van der Waals surface area (Å²) in [6.45, 7) is 0. The van der Waals surface area contributed by atoms with Gasteiger partial charge in [-0.1, -0.05) is 11.8 Å². The van der Waals surface area contributed by atoms with E-state index in [0.29, 0.717) is 17.2 Å². The molecule has 2 heterocycles. The molecule has 24 heavy (non-hydrogen) atoms. The highest BCUT2D eigenvalue weighted by atomic mass is 32.2. The van der Waals surface area contributed by atoms with E-state index in [4.69, 9.17) is 15.2 Å². The SMILES string of the molecule is NC1=NC(=O)[C@@H](CC(=O)Nc2ccc3c(c2)OC2(CCCC2)O3)S1. The lowest BCUT2D eigenvalue weighted by molar-refractivity contribution is -0.121. The summed E-state index contributed by atoms with van der Waals surface area (Å²) in [6.07, 6.45) is 3.98. The van der Waals surface area contributed by atoms with Crippen LogP contribution in [-0.4, -0.2) is 28.0 Å². The Morgan fingerprint density at radius 1 is 1.33 bits per heavy atom. The first-order chi connectivity index (χ1) is 11.5. The van der Waals surface area contributed by atoms with E-state index in [-0.39, 0.29) is 23.4 Å².